The van der Waals surface area contributed by atoms with E-state index in [1.807, 2.05) is 0 Å². The molecule has 0 aliphatic carbocycles. The number of azide groups is 1. The Morgan fingerprint density at radius 3 is 2.61 bits per heavy atom. The average Bonchev–Trinajstić information content (AvgIpc) is 3.04. The summed E-state index contributed by atoms with van der Waals surface area (Å²) in [5, 5.41) is -1.57. The van der Waals surface area contributed by atoms with Gasteiger partial charge in [0, 0.05) is 23.1 Å². The fraction of sp³-hybridized carbons (Fsp3) is 0.636. The summed E-state index contributed by atoms with van der Waals surface area (Å²) in [6.07, 6.45) is -0.997. The number of halogens is 2. The maximum Gasteiger partial charge on any atom is 0.444 e. The van der Waals surface area contributed by atoms with Crippen molar-refractivity contribution in [2.75, 3.05) is 6.61 Å². The van der Waals surface area contributed by atoms with E-state index in [9.17, 15) is 37.3 Å². The van der Waals surface area contributed by atoms with Crippen LogP contribution in [0.15, 0.2) is 20.9 Å². The zero-order valence-electron chi connectivity index (χ0n) is 15.3. The fourth-order valence-corrected chi connectivity index (χ4v) is 7.86. The van der Waals surface area contributed by atoms with Crippen molar-refractivity contribution in [2.24, 2.45) is 5.11 Å². The van der Waals surface area contributed by atoms with E-state index < -0.39 is 65.4 Å². The van der Waals surface area contributed by atoms with Crippen LogP contribution < -0.4 is 11.2 Å². The summed E-state index contributed by atoms with van der Waals surface area (Å²) >= 11 is 0. The lowest BCUT2D eigenvalue weighted by Gasteiger charge is -2.33. The number of nitrogens with zero attached hydrogens (tertiary/aromatic N) is 4. The number of ether oxygens (including phenoxy) is 1. The van der Waals surface area contributed by atoms with Gasteiger partial charge in [0.1, 0.15) is 6.23 Å². The van der Waals surface area contributed by atoms with E-state index in [-0.39, 0.29) is 12.0 Å². The largest absolute Gasteiger partial charge is 0.444 e. The second-order valence-electron chi connectivity index (χ2n) is 6.35. The third-order valence-electron chi connectivity index (χ3n) is 4.24. The minimum atomic E-state index is -5.90. The van der Waals surface area contributed by atoms with Crippen molar-refractivity contribution < 1.29 is 45.6 Å². The van der Waals surface area contributed by atoms with Gasteiger partial charge < -0.3 is 19.0 Å². The molecule has 2 aliphatic rings. The van der Waals surface area contributed by atoms with Gasteiger partial charge in [-0.2, -0.15) is 8.78 Å². The molecular formula is C11H14F2N5O10P3. The van der Waals surface area contributed by atoms with Crippen LogP contribution in [0.2, 0.25) is 0 Å². The van der Waals surface area contributed by atoms with Crippen LogP contribution >= 0.6 is 23.8 Å². The van der Waals surface area contributed by atoms with Crippen molar-refractivity contribution in [3.8, 4) is 0 Å². The first-order chi connectivity index (χ1) is 14.3. The first kappa shape index (κ1) is 24.1. The van der Waals surface area contributed by atoms with Gasteiger partial charge >= 0.3 is 34.9 Å². The van der Waals surface area contributed by atoms with Crippen LogP contribution in [0.5, 0.6) is 0 Å². The van der Waals surface area contributed by atoms with E-state index in [0.29, 0.717) is 0 Å². The average molecular weight is 507 g/mol. The Morgan fingerprint density at radius 1 is 1.42 bits per heavy atom. The van der Waals surface area contributed by atoms with E-state index in [2.05, 4.69) is 23.6 Å². The third-order valence-corrected chi connectivity index (χ3v) is 10.3. The molecule has 15 nitrogen and oxygen atoms in total. The highest BCUT2D eigenvalue weighted by molar-refractivity contribution is 7.81. The third kappa shape index (κ3) is 4.53. The molecule has 0 bridgehead atoms. The Kier molecular flexibility index (Phi) is 6.58. The molecule has 3 rings (SSSR count). The normalized spacial score (nSPS) is 37.3. The van der Waals surface area contributed by atoms with Crippen LogP contribution in [0.4, 0.5) is 8.78 Å². The zero-order valence-corrected chi connectivity index (χ0v) is 18.0. The summed E-state index contributed by atoms with van der Waals surface area (Å²) < 4.78 is 69.9. The molecule has 0 aromatic carbocycles. The Bertz CT molecular complexity index is 1110. The molecule has 31 heavy (non-hydrogen) atoms. The van der Waals surface area contributed by atoms with Crippen LogP contribution in [0.3, 0.4) is 0 Å². The minimum absolute atomic E-state index is 0.0574. The van der Waals surface area contributed by atoms with E-state index in [1.165, 1.54) is 13.1 Å². The van der Waals surface area contributed by atoms with Crippen LogP contribution in [-0.4, -0.2) is 43.5 Å². The summed E-state index contributed by atoms with van der Waals surface area (Å²) in [5.41, 5.74) is 7.49. The second kappa shape index (κ2) is 8.45. The first-order valence-electron chi connectivity index (χ1n) is 8.17. The van der Waals surface area contributed by atoms with Crippen LogP contribution in [0, 0.1) is 6.92 Å². The number of H-pyrrole nitrogens is 1. The van der Waals surface area contributed by atoms with Crippen molar-refractivity contribution in [1.29, 1.82) is 0 Å². The van der Waals surface area contributed by atoms with E-state index in [0.717, 1.165) is 4.57 Å². The molecular weight excluding hydrogens is 493 g/mol. The fourth-order valence-electron chi connectivity index (χ4n) is 2.66. The predicted molar refractivity (Wildman–Crippen MR) is 97.2 cm³/mol. The number of hydrogen-bond donors (Lipinski definition) is 3. The van der Waals surface area contributed by atoms with Crippen molar-refractivity contribution in [2.45, 2.75) is 37.1 Å². The lowest BCUT2D eigenvalue weighted by molar-refractivity contribution is -0.0247. The Balaban J connectivity index is 1.75. The van der Waals surface area contributed by atoms with Crippen molar-refractivity contribution >= 4 is 23.8 Å². The van der Waals surface area contributed by atoms with Crippen molar-refractivity contribution in [3.63, 3.8) is 0 Å². The minimum Gasteiger partial charge on any atom is -0.352 e. The second-order valence-corrected chi connectivity index (χ2v) is 11.9. The molecule has 5 atom stereocenters. The smallest absolute Gasteiger partial charge is 0.352 e. The van der Waals surface area contributed by atoms with E-state index >= 15 is 0 Å². The molecule has 1 aromatic rings. The highest BCUT2D eigenvalue weighted by Gasteiger charge is 2.72. The van der Waals surface area contributed by atoms with E-state index in [4.69, 9.17) is 14.8 Å². The summed E-state index contributed by atoms with van der Waals surface area (Å²) in [4.78, 5) is 46.7. The molecule has 0 saturated carbocycles. The molecule has 1 aromatic heterocycles. The molecule has 0 spiro atoms. The standard InChI is InChI=1S/C11H14F2N5O10P3/c1-5-3-18(10(20)15-9(5)19)8-2-6(16-17-14)7(26-8)4-25-29-27-30(21,22)11(12,13)31(23,24)28-29/h3,6-8H,2,4H2,1H3,(H,21,22)(H,23,24)(H,15,19,20)/t6-,7+,8+/m0/s1. The summed E-state index contributed by atoms with van der Waals surface area (Å²) in [6.45, 7) is 0.792. The molecule has 2 fully saturated rings. The van der Waals surface area contributed by atoms with Gasteiger partial charge in [0.15, 0.2) is 0 Å². The molecule has 3 N–H and O–H groups in total. The quantitative estimate of drug-likeness (QED) is 0.228. The molecule has 2 unspecified atom stereocenters. The molecule has 3 heterocycles. The zero-order chi connectivity index (χ0) is 23.2. The van der Waals surface area contributed by atoms with Gasteiger partial charge in [-0.15, -0.1) is 0 Å². The monoisotopic (exact) mass is 507 g/mol. The molecule has 172 valence electrons. The Hall–Kier alpha value is -1.50. The van der Waals surface area contributed by atoms with E-state index in [1.54, 1.807) is 0 Å². The first-order valence-corrected chi connectivity index (χ1v) is 12.4. The number of aryl methyl sites for hydroxylation is 1. The predicted octanol–water partition coefficient (Wildman–Crippen LogP) is 2.02. The number of alkyl halides is 2. The number of aromatic nitrogens is 2. The Morgan fingerprint density at radius 2 is 2.03 bits per heavy atom. The number of hydrogen-bond acceptors (Lipinski definition) is 9. The van der Waals surface area contributed by atoms with Gasteiger partial charge in [-0.25, -0.2) is 13.4 Å². The van der Waals surface area contributed by atoms with Crippen molar-refractivity contribution in [1.82, 2.24) is 9.55 Å². The maximum absolute atomic E-state index is 13.5. The molecule has 0 radical (unpaired) electrons. The van der Waals surface area contributed by atoms with Gasteiger partial charge in [0.2, 0.25) is 0 Å². The van der Waals surface area contributed by atoms with Crippen molar-refractivity contribution in [3.05, 3.63) is 43.0 Å². The summed E-state index contributed by atoms with van der Waals surface area (Å²) in [6, 6.07) is -0.961. The molecule has 2 saturated heterocycles. The molecule has 20 heteroatoms. The van der Waals surface area contributed by atoms with Gasteiger partial charge in [-0.3, -0.25) is 23.5 Å². The number of nitrogens with one attached hydrogen (secondary N) is 1. The van der Waals surface area contributed by atoms with Crippen LogP contribution in [0.1, 0.15) is 18.2 Å². The molecule has 0 amide bonds. The van der Waals surface area contributed by atoms with Crippen LogP contribution in [0.25, 0.3) is 10.4 Å². The lowest BCUT2D eigenvalue weighted by atomic mass is 10.1. The molecule has 2 aliphatic heterocycles. The summed E-state index contributed by atoms with van der Waals surface area (Å²) in [5.74, 6) is 0. The summed E-state index contributed by atoms with van der Waals surface area (Å²) in [7, 11) is -15.0. The lowest BCUT2D eigenvalue weighted by Crippen LogP contribution is -2.33. The number of aromatic amines is 1. The highest BCUT2D eigenvalue weighted by atomic mass is 31.3. The maximum atomic E-state index is 13.5. The highest BCUT2D eigenvalue weighted by Crippen LogP contribution is 2.86. The Labute approximate surface area is 171 Å². The topological polar surface area (TPSA) is 215 Å². The van der Waals surface area contributed by atoms with Gasteiger partial charge in [-0.05, 0) is 12.5 Å². The number of rotatable bonds is 5. The van der Waals surface area contributed by atoms with Gasteiger partial charge in [0.25, 0.3) is 5.56 Å². The van der Waals surface area contributed by atoms with Gasteiger partial charge in [0.05, 0.1) is 18.8 Å². The van der Waals surface area contributed by atoms with Gasteiger partial charge in [-0.1, -0.05) is 5.11 Å². The SMILES string of the molecule is Cc1cn([C@H]2C[C@H](N=[N+]=[N-])[C@@H](COP3OP(=O)(O)C(F)(F)P(=O)(O)O3)O2)c(=O)[nH]c1=O. The van der Waals surface area contributed by atoms with Crippen LogP contribution in [-0.2, 0) is 27.0 Å².